The van der Waals surface area contributed by atoms with Crippen molar-refractivity contribution in [1.82, 2.24) is 5.43 Å². The van der Waals surface area contributed by atoms with Gasteiger partial charge in [0.1, 0.15) is 0 Å². The zero-order valence-electron chi connectivity index (χ0n) is 13.5. The number of hydrogen-bond acceptors (Lipinski definition) is 4. The Morgan fingerprint density at radius 1 is 1.32 bits per heavy atom. The lowest BCUT2D eigenvalue weighted by Gasteiger charge is -2.12. The lowest BCUT2D eigenvalue weighted by Crippen LogP contribution is -2.18. The van der Waals surface area contributed by atoms with Crippen LogP contribution in [0.2, 0.25) is 10.0 Å². The normalized spacial score (nSPS) is 10.8. The Bertz CT molecular complexity index is 813. The zero-order chi connectivity index (χ0) is 18.4. The molecule has 0 aliphatic carbocycles. The summed E-state index contributed by atoms with van der Waals surface area (Å²) in [7, 11) is 1.55. The van der Waals surface area contributed by atoms with E-state index in [2.05, 4.69) is 26.5 Å². The molecule has 0 bridgehead atoms. The number of hydrazone groups is 1. The first-order valence-electron chi connectivity index (χ1n) is 7.25. The summed E-state index contributed by atoms with van der Waals surface area (Å²) >= 11 is 15.2. The highest BCUT2D eigenvalue weighted by atomic mass is 79.9. The van der Waals surface area contributed by atoms with Gasteiger partial charge in [0.2, 0.25) is 0 Å². The fourth-order valence-corrected chi connectivity index (χ4v) is 3.07. The largest absolute Gasteiger partial charge is 0.493 e. The van der Waals surface area contributed by atoms with E-state index in [-0.39, 0.29) is 10.6 Å². The van der Waals surface area contributed by atoms with Crippen molar-refractivity contribution in [3.8, 4) is 11.5 Å². The summed E-state index contributed by atoms with van der Waals surface area (Å²) in [5.41, 5.74) is 3.42. The van der Waals surface area contributed by atoms with Crippen LogP contribution in [-0.2, 0) is 0 Å². The van der Waals surface area contributed by atoms with Crippen LogP contribution in [-0.4, -0.2) is 25.8 Å². The van der Waals surface area contributed by atoms with Gasteiger partial charge >= 0.3 is 0 Å². The molecule has 0 spiro atoms. The number of halogens is 3. The van der Waals surface area contributed by atoms with Gasteiger partial charge in [-0.1, -0.05) is 23.2 Å². The molecular formula is C17H15BrCl2N2O3. The third-order valence-electron chi connectivity index (χ3n) is 3.10. The maximum absolute atomic E-state index is 12.1. The van der Waals surface area contributed by atoms with E-state index >= 15 is 0 Å². The van der Waals surface area contributed by atoms with Crippen molar-refractivity contribution in [2.45, 2.75) is 6.92 Å². The molecule has 1 amide bonds. The topological polar surface area (TPSA) is 59.9 Å². The minimum absolute atomic E-state index is 0.255. The van der Waals surface area contributed by atoms with Crippen LogP contribution in [0.25, 0.3) is 0 Å². The van der Waals surface area contributed by atoms with Crippen LogP contribution in [0.15, 0.2) is 39.9 Å². The second-order valence-electron chi connectivity index (χ2n) is 4.79. The van der Waals surface area contributed by atoms with Crippen molar-refractivity contribution in [3.63, 3.8) is 0 Å². The maximum Gasteiger partial charge on any atom is 0.272 e. The molecule has 0 saturated heterocycles. The second-order valence-corrected chi connectivity index (χ2v) is 6.49. The molecule has 2 aromatic rings. The van der Waals surface area contributed by atoms with E-state index in [1.807, 2.05) is 6.92 Å². The molecule has 0 aliphatic heterocycles. The molecular weight excluding hydrogens is 431 g/mol. The molecule has 2 aromatic carbocycles. The van der Waals surface area contributed by atoms with Gasteiger partial charge in [0.25, 0.3) is 5.91 Å². The lowest BCUT2D eigenvalue weighted by molar-refractivity contribution is 0.0955. The Balaban J connectivity index is 2.14. The fraction of sp³-hybridized carbons (Fsp3) is 0.176. The highest BCUT2D eigenvalue weighted by molar-refractivity contribution is 9.10. The molecule has 8 heteroatoms. The Hall–Kier alpha value is -1.76. The number of carbonyl (C=O) groups excluding carboxylic acids is 1. The van der Waals surface area contributed by atoms with E-state index in [1.165, 1.54) is 18.3 Å². The molecule has 2 rings (SSSR count). The molecule has 0 aliphatic rings. The average molecular weight is 446 g/mol. The highest BCUT2D eigenvalue weighted by Gasteiger charge is 2.11. The number of nitrogens with one attached hydrogen (secondary N) is 1. The number of carbonyl (C=O) groups is 1. The van der Waals surface area contributed by atoms with Crippen LogP contribution >= 0.6 is 39.1 Å². The number of rotatable bonds is 6. The van der Waals surface area contributed by atoms with Crippen molar-refractivity contribution >= 4 is 51.3 Å². The van der Waals surface area contributed by atoms with Crippen molar-refractivity contribution in [2.24, 2.45) is 5.10 Å². The van der Waals surface area contributed by atoms with Gasteiger partial charge in [-0.25, -0.2) is 5.43 Å². The Labute approximate surface area is 164 Å². The van der Waals surface area contributed by atoms with Crippen molar-refractivity contribution < 1.29 is 14.3 Å². The van der Waals surface area contributed by atoms with Crippen LogP contribution in [0.3, 0.4) is 0 Å². The summed E-state index contributed by atoms with van der Waals surface area (Å²) in [6.45, 7) is 2.40. The predicted molar refractivity (Wildman–Crippen MR) is 103 cm³/mol. The summed E-state index contributed by atoms with van der Waals surface area (Å²) in [6, 6.07) is 8.17. The number of amides is 1. The Morgan fingerprint density at radius 2 is 2.08 bits per heavy atom. The molecule has 0 heterocycles. The number of hydrogen-bond donors (Lipinski definition) is 1. The summed E-state index contributed by atoms with van der Waals surface area (Å²) < 4.78 is 11.6. The molecule has 0 fully saturated rings. The van der Waals surface area contributed by atoms with Gasteiger partial charge < -0.3 is 9.47 Å². The minimum atomic E-state index is -0.435. The summed E-state index contributed by atoms with van der Waals surface area (Å²) in [6.07, 6.45) is 1.49. The molecule has 0 saturated carbocycles. The number of ether oxygens (including phenoxy) is 2. The third-order valence-corrected chi connectivity index (χ3v) is 4.23. The van der Waals surface area contributed by atoms with E-state index in [4.69, 9.17) is 32.7 Å². The van der Waals surface area contributed by atoms with Gasteiger partial charge in [-0.2, -0.15) is 5.10 Å². The van der Waals surface area contributed by atoms with Crippen molar-refractivity contribution in [2.75, 3.05) is 13.7 Å². The van der Waals surface area contributed by atoms with E-state index in [1.54, 1.807) is 25.3 Å². The second kappa shape index (κ2) is 9.08. The summed E-state index contributed by atoms with van der Waals surface area (Å²) in [5.74, 6) is 0.735. The number of methoxy groups -OCH3 is 1. The molecule has 0 unspecified atom stereocenters. The van der Waals surface area contributed by atoms with Gasteiger partial charge in [0.05, 0.1) is 35.0 Å². The number of benzene rings is 2. The highest BCUT2D eigenvalue weighted by Crippen LogP contribution is 2.36. The van der Waals surface area contributed by atoms with Gasteiger partial charge in [-0.3, -0.25) is 4.79 Å². The first-order chi connectivity index (χ1) is 12.0. The number of nitrogens with zero attached hydrogens (tertiary/aromatic N) is 1. The maximum atomic E-state index is 12.1. The van der Waals surface area contributed by atoms with Crippen LogP contribution in [0.1, 0.15) is 22.8 Å². The zero-order valence-corrected chi connectivity index (χ0v) is 16.6. The summed E-state index contributed by atoms with van der Waals surface area (Å²) in [5, 5.41) is 4.65. The average Bonchev–Trinajstić information content (AvgIpc) is 2.56. The third kappa shape index (κ3) is 5.11. The predicted octanol–water partition coefficient (Wildman–Crippen LogP) is 4.93. The first-order valence-corrected chi connectivity index (χ1v) is 8.80. The quantitative estimate of drug-likeness (QED) is 0.506. The monoisotopic (exact) mass is 444 g/mol. The summed E-state index contributed by atoms with van der Waals surface area (Å²) in [4.78, 5) is 12.1. The van der Waals surface area contributed by atoms with Gasteiger partial charge in [0, 0.05) is 5.02 Å². The fourth-order valence-electron chi connectivity index (χ4n) is 2.00. The van der Waals surface area contributed by atoms with Crippen LogP contribution in [0, 0.1) is 0 Å². The van der Waals surface area contributed by atoms with Crippen molar-refractivity contribution in [3.05, 3.63) is 56.0 Å². The van der Waals surface area contributed by atoms with Crippen LogP contribution in [0.5, 0.6) is 11.5 Å². The van der Waals surface area contributed by atoms with Crippen molar-refractivity contribution in [1.29, 1.82) is 0 Å². The smallest absolute Gasteiger partial charge is 0.272 e. The van der Waals surface area contributed by atoms with E-state index in [0.717, 1.165) is 10.0 Å². The van der Waals surface area contributed by atoms with Gasteiger partial charge in [0.15, 0.2) is 11.5 Å². The van der Waals surface area contributed by atoms with E-state index < -0.39 is 5.91 Å². The van der Waals surface area contributed by atoms with Gasteiger partial charge in [-0.15, -0.1) is 0 Å². The van der Waals surface area contributed by atoms with Crippen LogP contribution in [0.4, 0.5) is 0 Å². The Morgan fingerprint density at radius 3 is 2.72 bits per heavy atom. The SMILES string of the molecule is CCOc1c(Br)cc(/C=N\NC(=O)c2ccc(Cl)cc2Cl)cc1OC. The molecule has 0 radical (unpaired) electrons. The molecule has 0 aromatic heterocycles. The molecule has 0 atom stereocenters. The van der Waals surface area contributed by atoms with Gasteiger partial charge in [-0.05, 0) is 58.7 Å². The first kappa shape index (κ1) is 19.6. The molecule has 132 valence electrons. The molecule has 1 N–H and O–H groups in total. The van der Waals surface area contributed by atoms with E-state index in [0.29, 0.717) is 23.1 Å². The standard InChI is InChI=1S/C17H15BrCl2N2O3/c1-3-25-16-13(18)6-10(7-15(16)24-2)9-21-22-17(23)12-5-4-11(19)8-14(12)20/h4-9H,3H2,1-2H3,(H,22,23)/b21-9-. The molecule has 5 nitrogen and oxygen atoms in total. The molecule has 25 heavy (non-hydrogen) atoms. The van der Waals surface area contributed by atoms with E-state index in [9.17, 15) is 4.79 Å². The lowest BCUT2D eigenvalue weighted by atomic mass is 10.2. The van der Waals surface area contributed by atoms with Crippen LogP contribution < -0.4 is 14.9 Å². The Kier molecular flexibility index (Phi) is 7.11. The minimum Gasteiger partial charge on any atom is -0.493 e.